The van der Waals surface area contributed by atoms with Gasteiger partial charge in [-0.05, 0) is 35.5 Å². The molecule has 0 saturated carbocycles. The summed E-state index contributed by atoms with van der Waals surface area (Å²) in [6.45, 7) is -1.09. The quantitative estimate of drug-likeness (QED) is 0.0825. The summed E-state index contributed by atoms with van der Waals surface area (Å²) < 4.78 is 124. The van der Waals surface area contributed by atoms with Crippen molar-refractivity contribution < 1.29 is 64.1 Å². The average Bonchev–Trinajstić information content (AvgIpc) is 3.96. The van der Waals surface area contributed by atoms with Crippen LogP contribution in [-0.2, 0) is 19.5 Å². The van der Waals surface area contributed by atoms with E-state index in [-0.39, 0.29) is 53.4 Å². The molecule has 15 heteroatoms. The molecule has 0 aliphatic carbocycles. The molecule has 0 saturated heterocycles. The second kappa shape index (κ2) is 16.7. The first kappa shape index (κ1) is 37.9. The van der Waals surface area contributed by atoms with Crippen LogP contribution in [0.25, 0.3) is 11.1 Å². The van der Waals surface area contributed by atoms with Gasteiger partial charge < -0.3 is 19.4 Å². The van der Waals surface area contributed by atoms with E-state index in [1.165, 1.54) is 73.4 Å². The Morgan fingerprint density at radius 1 is 0.588 bits per heavy atom. The minimum Gasteiger partial charge on any atom is -0.664 e. The zero-order valence-corrected chi connectivity index (χ0v) is 28.8. The minimum atomic E-state index is -1.68. The van der Waals surface area contributed by atoms with Gasteiger partial charge in [-0.3, -0.25) is 9.98 Å². The fourth-order valence-electron chi connectivity index (χ4n) is 4.71. The number of allylic oxidation sites excluding steroid dienone is 4. The molecule has 2 aromatic carbocycles. The Hall–Kier alpha value is -5.92. The second-order valence-electron chi connectivity index (χ2n) is 9.75. The van der Waals surface area contributed by atoms with Crippen molar-refractivity contribution in [3.05, 3.63) is 141 Å². The number of terminal acetylenes is 2. The van der Waals surface area contributed by atoms with Crippen LogP contribution in [0.1, 0.15) is 22.5 Å². The predicted octanol–water partition coefficient (Wildman–Crippen LogP) is 7.22. The molecular formula is C36H18F8N4O2Zn. The number of aromatic nitrogens is 2. The summed E-state index contributed by atoms with van der Waals surface area (Å²) in [7, 11) is 0. The van der Waals surface area contributed by atoms with Crippen molar-refractivity contribution in [1.82, 2.24) is 9.97 Å². The van der Waals surface area contributed by atoms with E-state index in [1.807, 2.05) is 11.8 Å². The van der Waals surface area contributed by atoms with E-state index in [9.17, 15) is 35.1 Å². The summed E-state index contributed by atoms with van der Waals surface area (Å²) in [4.78, 5) is 15.8. The summed E-state index contributed by atoms with van der Waals surface area (Å²) in [5.74, 6) is -11.7. The van der Waals surface area contributed by atoms with E-state index >= 15 is 0 Å². The molecule has 0 radical (unpaired) electrons. The zero-order chi connectivity index (χ0) is 35.9. The van der Waals surface area contributed by atoms with Gasteiger partial charge in [-0.2, -0.15) is 30.0 Å². The van der Waals surface area contributed by atoms with E-state index in [0.29, 0.717) is 0 Å². The van der Waals surface area contributed by atoms with Crippen LogP contribution in [-0.4, -0.2) is 25.6 Å². The number of halogens is 8. The maximum absolute atomic E-state index is 14.6. The standard InChI is InChI=1S/2C18H9F4N2O.Zn/c2*1-2-9-25-18-16(21)14(19)13(15(20)17(18)22)12(10-5-3-7-23-10)11-6-4-8-24-11;/h2*1,3-8H,9H2;/q2*-1;+2. The second-order valence-corrected chi connectivity index (χ2v) is 9.75. The number of hydrogen-bond acceptors (Lipinski definition) is 4. The third-order valence-electron chi connectivity index (χ3n) is 6.79. The molecule has 4 aromatic rings. The van der Waals surface area contributed by atoms with Gasteiger partial charge in [0.05, 0.1) is 22.5 Å². The third kappa shape index (κ3) is 7.49. The van der Waals surface area contributed by atoms with Gasteiger partial charge in [0.2, 0.25) is 23.3 Å². The van der Waals surface area contributed by atoms with Crippen LogP contribution in [0, 0.1) is 71.2 Å². The molecule has 0 N–H and O–H groups in total. The van der Waals surface area contributed by atoms with Gasteiger partial charge in [0.25, 0.3) is 0 Å². The molecule has 51 heavy (non-hydrogen) atoms. The summed E-state index contributed by atoms with van der Waals surface area (Å²) in [5.41, 5.74) is -1.71. The van der Waals surface area contributed by atoms with Crippen molar-refractivity contribution in [1.29, 1.82) is 0 Å². The molecule has 2 aliphatic rings. The number of benzene rings is 2. The zero-order valence-electron chi connectivity index (χ0n) is 25.8. The van der Waals surface area contributed by atoms with Crippen LogP contribution >= 0.6 is 0 Å². The normalized spacial score (nSPS) is 14.4. The van der Waals surface area contributed by atoms with Gasteiger partial charge in [0, 0.05) is 12.4 Å². The summed E-state index contributed by atoms with van der Waals surface area (Å²) in [5, 5.41) is 0. The van der Waals surface area contributed by atoms with Crippen molar-refractivity contribution in [3.8, 4) is 36.2 Å². The molecule has 0 atom stereocenters. The Morgan fingerprint density at radius 2 is 0.941 bits per heavy atom. The Labute approximate surface area is 297 Å². The van der Waals surface area contributed by atoms with E-state index in [4.69, 9.17) is 12.8 Å². The molecule has 6 rings (SSSR count). The van der Waals surface area contributed by atoms with Crippen molar-refractivity contribution in [2.24, 2.45) is 9.98 Å². The first-order valence-corrected chi connectivity index (χ1v) is 14.0. The molecule has 0 bridgehead atoms. The number of ether oxygens (including phenoxy) is 2. The van der Waals surface area contributed by atoms with Crippen LogP contribution in [0.3, 0.4) is 0 Å². The van der Waals surface area contributed by atoms with Crippen LogP contribution in [0.15, 0.2) is 82.3 Å². The van der Waals surface area contributed by atoms with Gasteiger partial charge in [-0.25, -0.2) is 17.6 Å². The van der Waals surface area contributed by atoms with Crippen LogP contribution in [0.5, 0.6) is 11.5 Å². The Bertz CT molecular complexity index is 1980. The summed E-state index contributed by atoms with van der Waals surface area (Å²) in [6, 6.07) is 5.93. The largest absolute Gasteiger partial charge is 2.00 e. The van der Waals surface area contributed by atoms with Crippen molar-refractivity contribution in [2.75, 3.05) is 13.2 Å². The van der Waals surface area contributed by atoms with E-state index < -0.39 is 82.4 Å². The Morgan fingerprint density at radius 3 is 1.20 bits per heavy atom. The molecule has 0 fully saturated rings. The fourth-order valence-corrected chi connectivity index (χ4v) is 4.71. The summed E-state index contributed by atoms with van der Waals surface area (Å²) in [6.07, 6.45) is 21.3. The third-order valence-corrected chi connectivity index (χ3v) is 6.79. The van der Waals surface area contributed by atoms with Crippen LogP contribution in [0.2, 0.25) is 0 Å². The maximum atomic E-state index is 14.6. The monoisotopic (exact) mass is 754 g/mol. The molecular weight excluding hydrogens is 738 g/mol. The average molecular weight is 756 g/mol. The van der Waals surface area contributed by atoms with E-state index in [1.54, 1.807) is 0 Å². The smallest absolute Gasteiger partial charge is 0.664 e. The Balaban J connectivity index is 0.000000224. The SMILES string of the molecule is C#CCOc1c(F)c(F)c(C(=C2C=CC=N2)c2ccc[n-]2)c(F)c1F.C#CCOc1c(F)c(F)c(C(=C2C=CC=N2)c2ccc[n-]2)c(F)c1F.[Zn+2]. The molecule has 0 spiro atoms. The van der Waals surface area contributed by atoms with E-state index in [0.717, 1.165) is 0 Å². The topological polar surface area (TPSA) is 71.4 Å². The van der Waals surface area contributed by atoms with Gasteiger partial charge in [-0.15, -0.1) is 24.2 Å². The minimum absolute atomic E-state index is 0. The number of hydrogen-bond donors (Lipinski definition) is 0. The first-order chi connectivity index (χ1) is 24.1. The molecule has 2 aliphatic heterocycles. The van der Waals surface area contributed by atoms with Gasteiger partial charge in [0.1, 0.15) is 13.2 Å². The van der Waals surface area contributed by atoms with E-state index in [2.05, 4.69) is 29.4 Å². The molecule has 0 amide bonds. The number of aliphatic imine (C=N–C) groups is 2. The first-order valence-electron chi connectivity index (χ1n) is 14.0. The van der Waals surface area contributed by atoms with Gasteiger partial charge >= 0.3 is 19.5 Å². The molecule has 4 heterocycles. The van der Waals surface area contributed by atoms with Gasteiger partial charge in [0.15, 0.2) is 34.8 Å². The van der Waals surface area contributed by atoms with Crippen molar-refractivity contribution in [3.63, 3.8) is 0 Å². The van der Waals surface area contributed by atoms with Gasteiger partial charge in [-0.1, -0.05) is 36.1 Å². The number of nitrogens with zero attached hydrogens (tertiary/aromatic N) is 4. The molecule has 252 valence electrons. The number of rotatable bonds is 8. The molecule has 6 nitrogen and oxygen atoms in total. The maximum Gasteiger partial charge on any atom is 2.00 e. The Kier molecular flexibility index (Phi) is 12.4. The predicted molar refractivity (Wildman–Crippen MR) is 168 cm³/mol. The van der Waals surface area contributed by atoms with Crippen LogP contribution < -0.4 is 19.4 Å². The van der Waals surface area contributed by atoms with Crippen LogP contribution in [0.4, 0.5) is 35.1 Å². The molecule has 0 unspecified atom stereocenters. The summed E-state index contributed by atoms with van der Waals surface area (Å²) >= 11 is 0. The van der Waals surface area contributed by atoms with Crippen molar-refractivity contribution in [2.45, 2.75) is 0 Å². The molecule has 2 aromatic heterocycles. The fraction of sp³-hybridized carbons (Fsp3) is 0.0556. The van der Waals surface area contributed by atoms with Crippen molar-refractivity contribution >= 4 is 23.6 Å².